The number of rotatable bonds is 7. The molecule has 0 N–H and O–H groups in total. The van der Waals surface area contributed by atoms with Gasteiger partial charge < -0.3 is 14.2 Å². The molecule has 0 fully saturated rings. The van der Waals surface area contributed by atoms with E-state index in [1.807, 2.05) is 12.1 Å². The van der Waals surface area contributed by atoms with E-state index in [4.69, 9.17) is 14.2 Å². The Morgan fingerprint density at radius 2 is 1.46 bits per heavy atom. The Bertz CT molecular complexity index is 1480. The van der Waals surface area contributed by atoms with Crippen LogP contribution >= 0.6 is 0 Å². The summed E-state index contributed by atoms with van der Waals surface area (Å²) in [5.41, 5.74) is 3.17. The van der Waals surface area contributed by atoms with Gasteiger partial charge in [0.25, 0.3) is 5.69 Å². The van der Waals surface area contributed by atoms with E-state index in [0.29, 0.717) is 23.0 Å². The van der Waals surface area contributed by atoms with Crippen LogP contribution in [0.4, 0.5) is 5.69 Å². The number of hydrogen-bond donors (Lipinski definition) is 0. The fraction of sp³-hybridized carbons (Fsp3) is 0.148. The third kappa shape index (κ3) is 4.90. The predicted octanol–water partition coefficient (Wildman–Crippen LogP) is 5.89. The summed E-state index contributed by atoms with van der Waals surface area (Å²) >= 11 is 0. The second-order valence-electron chi connectivity index (χ2n) is 8.50. The molecule has 0 bridgehead atoms. The summed E-state index contributed by atoms with van der Waals surface area (Å²) in [5, 5.41) is 21.8. The van der Waals surface area contributed by atoms with Gasteiger partial charge in [-0.25, -0.2) is 0 Å². The summed E-state index contributed by atoms with van der Waals surface area (Å²) in [7, 11) is 0. The molecule has 0 aliphatic heterocycles. The van der Waals surface area contributed by atoms with Crippen LogP contribution in [0.2, 0.25) is 0 Å². The molecule has 0 heterocycles. The van der Waals surface area contributed by atoms with Crippen molar-refractivity contribution >= 4 is 11.7 Å². The van der Waals surface area contributed by atoms with Crippen LogP contribution in [0.3, 0.4) is 0 Å². The summed E-state index contributed by atoms with van der Waals surface area (Å²) in [6, 6.07) is 15.8. The van der Waals surface area contributed by atoms with E-state index in [2.05, 4.69) is 0 Å². The second kappa shape index (κ2) is 9.57. The molecule has 0 aromatic heterocycles. The highest BCUT2D eigenvalue weighted by Gasteiger charge is 2.32. The molecule has 0 amide bonds. The molecule has 3 aromatic carbocycles. The Kier molecular flexibility index (Phi) is 6.14. The smallest absolute Gasteiger partial charge is 0.303 e. The topological polar surface area (TPSA) is 131 Å². The van der Waals surface area contributed by atoms with Crippen LogP contribution in [-0.2, 0) is 9.53 Å². The first-order valence-electron chi connectivity index (χ1n) is 11.4. The lowest BCUT2D eigenvalue weighted by Gasteiger charge is -2.16. The Balaban J connectivity index is 1.41. The molecule has 2 unspecified atom stereocenters. The number of benzene rings is 3. The summed E-state index contributed by atoms with van der Waals surface area (Å²) in [6.07, 6.45) is 4.28. The van der Waals surface area contributed by atoms with E-state index < -0.39 is 23.0 Å². The van der Waals surface area contributed by atoms with Crippen molar-refractivity contribution < 1.29 is 28.9 Å². The molecule has 0 radical (unpaired) electrons. The van der Waals surface area contributed by atoms with Crippen LogP contribution in [0.5, 0.6) is 17.2 Å². The van der Waals surface area contributed by atoms with Gasteiger partial charge in [-0.2, -0.15) is 0 Å². The third-order valence-corrected chi connectivity index (χ3v) is 6.02. The van der Waals surface area contributed by atoms with Gasteiger partial charge in [-0.05, 0) is 65.8 Å². The van der Waals surface area contributed by atoms with Crippen molar-refractivity contribution in [2.24, 2.45) is 0 Å². The Morgan fingerprint density at radius 1 is 0.865 bits per heavy atom. The second-order valence-corrected chi connectivity index (χ2v) is 8.50. The SMILES string of the molecule is CC(=O)OC1c2cc(OC3=CCC([N+](=O)[O-])C=C3)ccc2-c2ccc(Oc3ccc([N+](=O)[O-])cc3)cc21. The molecule has 2 atom stereocenters. The molecule has 0 saturated carbocycles. The highest BCUT2D eigenvalue weighted by atomic mass is 16.6. The average Bonchev–Trinajstić information content (AvgIpc) is 3.16. The molecule has 10 heteroatoms. The van der Waals surface area contributed by atoms with Gasteiger partial charge in [0.2, 0.25) is 6.04 Å². The quantitative estimate of drug-likeness (QED) is 0.223. The molecule has 10 nitrogen and oxygen atoms in total. The fourth-order valence-corrected chi connectivity index (χ4v) is 4.32. The van der Waals surface area contributed by atoms with Gasteiger partial charge in [0.15, 0.2) is 6.10 Å². The molecule has 2 aliphatic carbocycles. The number of nitrogens with zero attached hydrogens (tertiary/aromatic N) is 2. The van der Waals surface area contributed by atoms with Crippen molar-refractivity contribution in [3.63, 3.8) is 0 Å². The summed E-state index contributed by atoms with van der Waals surface area (Å²) in [6.45, 7) is 1.33. The van der Waals surface area contributed by atoms with E-state index in [1.54, 1.807) is 36.4 Å². The Morgan fingerprint density at radius 3 is 1.97 bits per heavy atom. The highest BCUT2D eigenvalue weighted by Crippen LogP contribution is 2.48. The number of allylic oxidation sites excluding steroid dienone is 1. The van der Waals surface area contributed by atoms with Crippen LogP contribution in [0.15, 0.2) is 84.7 Å². The minimum Gasteiger partial charge on any atom is -0.458 e. The van der Waals surface area contributed by atoms with Gasteiger partial charge >= 0.3 is 5.97 Å². The number of carbonyl (C=O) groups excluding carboxylic acids is 1. The Labute approximate surface area is 210 Å². The lowest BCUT2D eigenvalue weighted by atomic mass is 10.1. The maximum absolute atomic E-state index is 12.0. The zero-order valence-electron chi connectivity index (χ0n) is 19.5. The van der Waals surface area contributed by atoms with Crippen molar-refractivity contribution in [2.45, 2.75) is 25.5 Å². The van der Waals surface area contributed by atoms with Gasteiger partial charge in [-0.15, -0.1) is 0 Å². The van der Waals surface area contributed by atoms with E-state index in [-0.39, 0.29) is 17.0 Å². The third-order valence-electron chi connectivity index (χ3n) is 6.02. The number of esters is 1. The zero-order chi connectivity index (χ0) is 26.1. The van der Waals surface area contributed by atoms with Gasteiger partial charge in [0, 0.05) is 41.5 Å². The molecule has 3 aromatic rings. The van der Waals surface area contributed by atoms with Crippen LogP contribution in [0, 0.1) is 20.2 Å². The number of non-ortho nitro benzene ring substituents is 1. The van der Waals surface area contributed by atoms with Crippen molar-refractivity contribution in [3.8, 4) is 28.4 Å². The van der Waals surface area contributed by atoms with Crippen molar-refractivity contribution in [2.75, 3.05) is 0 Å². The molecule has 5 rings (SSSR count). The minimum absolute atomic E-state index is 0.0400. The predicted molar refractivity (Wildman–Crippen MR) is 132 cm³/mol. The lowest BCUT2D eigenvalue weighted by Crippen LogP contribution is -2.18. The monoisotopic (exact) mass is 500 g/mol. The van der Waals surface area contributed by atoms with Crippen LogP contribution < -0.4 is 9.47 Å². The van der Waals surface area contributed by atoms with E-state index in [1.165, 1.54) is 37.3 Å². The number of nitro benzene ring substituents is 1. The first-order chi connectivity index (χ1) is 17.8. The van der Waals surface area contributed by atoms with Crippen molar-refractivity contribution in [1.82, 2.24) is 0 Å². The van der Waals surface area contributed by atoms with Crippen LogP contribution in [0.1, 0.15) is 30.6 Å². The van der Waals surface area contributed by atoms with E-state index in [9.17, 15) is 25.0 Å². The number of hydrogen-bond acceptors (Lipinski definition) is 8. The van der Waals surface area contributed by atoms with E-state index in [0.717, 1.165) is 22.3 Å². The molecule has 37 heavy (non-hydrogen) atoms. The highest BCUT2D eigenvalue weighted by molar-refractivity contribution is 5.81. The average molecular weight is 500 g/mol. The number of ether oxygens (including phenoxy) is 3. The van der Waals surface area contributed by atoms with Crippen molar-refractivity contribution in [3.05, 3.63) is 116 Å². The lowest BCUT2D eigenvalue weighted by molar-refractivity contribution is -0.508. The standard InChI is InChI=1S/C27H20N2O8/c1-16(30)35-27-25-14-21(36-19-6-2-17(3-7-19)28(31)32)10-12-23(25)24-13-11-22(15-26(24)27)37-20-8-4-18(5-9-20)29(33)34/h2-4,6-15,18,27H,5H2,1H3. The molecule has 2 aliphatic rings. The molecular formula is C27H20N2O8. The maximum atomic E-state index is 12.0. The van der Waals surface area contributed by atoms with E-state index >= 15 is 0 Å². The van der Waals surface area contributed by atoms with Gasteiger partial charge in [0.1, 0.15) is 23.0 Å². The summed E-state index contributed by atoms with van der Waals surface area (Å²) in [5.74, 6) is 1.44. The first-order valence-corrected chi connectivity index (χ1v) is 11.4. The van der Waals surface area contributed by atoms with Gasteiger partial charge in [-0.1, -0.05) is 12.1 Å². The molecule has 0 saturated heterocycles. The maximum Gasteiger partial charge on any atom is 0.303 e. The molecular weight excluding hydrogens is 480 g/mol. The number of fused-ring (bicyclic) bond motifs is 3. The van der Waals surface area contributed by atoms with Gasteiger partial charge in [0.05, 0.1) is 4.92 Å². The van der Waals surface area contributed by atoms with Gasteiger partial charge in [-0.3, -0.25) is 25.0 Å². The number of carbonyl (C=O) groups is 1. The van der Waals surface area contributed by atoms with Crippen LogP contribution in [-0.4, -0.2) is 21.9 Å². The Hall–Kier alpha value is -4.99. The van der Waals surface area contributed by atoms with Crippen molar-refractivity contribution in [1.29, 1.82) is 0 Å². The fourth-order valence-electron chi connectivity index (χ4n) is 4.32. The molecule has 0 spiro atoms. The normalized spacial score (nSPS) is 17.3. The summed E-state index contributed by atoms with van der Waals surface area (Å²) in [4.78, 5) is 33.0. The zero-order valence-corrected chi connectivity index (χ0v) is 19.5. The largest absolute Gasteiger partial charge is 0.458 e. The first kappa shape index (κ1) is 23.7. The summed E-state index contributed by atoms with van der Waals surface area (Å²) < 4.78 is 17.5. The van der Waals surface area contributed by atoms with Crippen LogP contribution in [0.25, 0.3) is 11.1 Å². The minimum atomic E-state index is -0.766. The number of nitro groups is 2. The molecule has 186 valence electrons.